The number of esters is 2. The van der Waals surface area contributed by atoms with Gasteiger partial charge < -0.3 is 20.1 Å². The SMILES string of the molecule is CC(=O)N[C@H]1CCCC[n+]2csc(c2C)CCOC(=O)[C@H](NC(C)=O)CCCC[n+]2csc(c2C)CCOC1=O. The molecule has 0 aliphatic carbocycles. The quantitative estimate of drug-likeness (QED) is 0.407. The largest absolute Gasteiger partial charge is 0.464 e. The molecular weight excluding hydrogens is 552 g/mol. The van der Waals surface area contributed by atoms with E-state index >= 15 is 0 Å². The molecule has 2 aromatic rings. The van der Waals surface area contributed by atoms with Crippen LogP contribution in [0.2, 0.25) is 0 Å². The number of carbonyl (C=O) groups excluding carboxylic acids is 4. The van der Waals surface area contributed by atoms with Crippen LogP contribution >= 0.6 is 22.7 Å². The van der Waals surface area contributed by atoms with Crippen molar-refractivity contribution in [1.82, 2.24) is 10.6 Å². The van der Waals surface area contributed by atoms with Crippen molar-refractivity contribution in [1.29, 1.82) is 0 Å². The van der Waals surface area contributed by atoms with Crippen LogP contribution < -0.4 is 19.8 Å². The zero-order valence-electron chi connectivity index (χ0n) is 24.0. The van der Waals surface area contributed by atoms with E-state index in [1.807, 2.05) is 13.8 Å². The molecule has 3 rings (SSSR count). The van der Waals surface area contributed by atoms with Gasteiger partial charge >= 0.3 is 11.9 Å². The van der Waals surface area contributed by atoms with E-state index in [1.54, 1.807) is 22.7 Å². The topological polar surface area (TPSA) is 119 Å². The lowest BCUT2D eigenvalue weighted by Gasteiger charge is -2.16. The molecule has 40 heavy (non-hydrogen) atoms. The minimum absolute atomic E-state index is 0.248. The molecule has 0 aromatic carbocycles. The summed E-state index contributed by atoms with van der Waals surface area (Å²) < 4.78 is 15.5. The van der Waals surface area contributed by atoms with Gasteiger partial charge in [-0.25, -0.2) is 9.59 Å². The van der Waals surface area contributed by atoms with Crippen molar-refractivity contribution in [2.45, 2.75) is 104 Å². The molecule has 2 amide bonds. The van der Waals surface area contributed by atoms with Gasteiger partial charge in [0.15, 0.2) is 11.4 Å². The monoisotopic (exact) mass is 594 g/mol. The molecule has 0 spiro atoms. The number of thiazole rings is 2. The summed E-state index contributed by atoms with van der Waals surface area (Å²) in [5.74, 6) is -1.28. The molecule has 4 bridgehead atoms. The normalized spacial score (nSPS) is 20.5. The number of cyclic esters (lactones) is 2. The average Bonchev–Trinajstić information content (AvgIpc) is 3.43. The number of aryl methyl sites for hydroxylation is 2. The average molecular weight is 595 g/mol. The van der Waals surface area contributed by atoms with Crippen molar-refractivity contribution in [3.63, 3.8) is 0 Å². The van der Waals surface area contributed by atoms with E-state index in [0.717, 1.165) is 59.9 Å². The Balaban J connectivity index is 1.70. The second-order valence-electron chi connectivity index (χ2n) is 10.2. The second-order valence-corrected chi connectivity index (χ2v) is 12.1. The lowest BCUT2D eigenvalue weighted by Crippen LogP contribution is -2.41. The third-order valence-corrected chi connectivity index (χ3v) is 9.36. The molecule has 12 heteroatoms. The lowest BCUT2D eigenvalue weighted by molar-refractivity contribution is -0.698. The molecule has 1 aliphatic rings. The first-order valence-corrected chi connectivity index (χ1v) is 15.7. The minimum atomic E-state index is -0.655. The van der Waals surface area contributed by atoms with Crippen LogP contribution in [-0.2, 0) is 54.6 Å². The molecule has 220 valence electrons. The zero-order chi connectivity index (χ0) is 29.1. The van der Waals surface area contributed by atoms with Crippen LogP contribution in [0.4, 0.5) is 0 Å². The standard InChI is InChI=1S/C28H40N4O6S2/c1-19-25-11-15-37-27(35)24(30-22(4)34)10-6-8-14-32-18-40-26(20(32)2)12-16-38-28(36)23(29-21(3)33)9-5-7-13-31(19)17-39-25/h17-18,23-24H,5-16H2,1-4H3/p+2/t23-,24+. The maximum atomic E-state index is 12.8. The van der Waals surface area contributed by atoms with Gasteiger partial charge in [-0.2, -0.15) is 9.13 Å². The number of rotatable bonds is 2. The minimum Gasteiger partial charge on any atom is -0.464 e. The molecular formula is C28H42N4O6S2+2. The molecule has 0 unspecified atom stereocenters. The summed E-state index contributed by atoms with van der Waals surface area (Å²) >= 11 is 3.24. The smallest absolute Gasteiger partial charge is 0.328 e. The van der Waals surface area contributed by atoms with Gasteiger partial charge in [0.2, 0.25) is 22.8 Å². The summed E-state index contributed by atoms with van der Waals surface area (Å²) in [5.41, 5.74) is 6.36. The number of ether oxygens (including phenoxy) is 2. The Morgan fingerprint density at radius 1 is 0.750 bits per heavy atom. The van der Waals surface area contributed by atoms with E-state index in [1.165, 1.54) is 13.8 Å². The molecule has 0 saturated carbocycles. The number of carbonyl (C=O) groups is 4. The van der Waals surface area contributed by atoms with Gasteiger partial charge in [0.05, 0.1) is 23.0 Å². The summed E-state index contributed by atoms with van der Waals surface area (Å²) in [6, 6.07) is -1.31. The van der Waals surface area contributed by atoms with Crippen molar-refractivity contribution in [3.8, 4) is 0 Å². The van der Waals surface area contributed by atoms with Crippen molar-refractivity contribution in [2.24, 2.45) is 0 Å². The van der Waals surface area contributed by atoms with E-state index in [9.17, 15) is 19.2 Å². The number of nitrogens with one attached hydrogen (secondary N) is 2. The fourth-order valence-corrected chi connectivity index (χ4v) is 6.78. The van der Waals surface area contributed by atoms with Gasteiger partial charge in [-0.1, -0.05) is 22.7 Å². The maximum Gasteiger partial charge on any atom is 0.328 e. The van der Waals surface area contributed by atoms with E-state index in [4.69, 9.17) is 9.47 Å². The first-order valence-electron chi connectivity index (χ1n) is 14.0. The van der Waals surface area contributed by atoms with Crippen molar-refractivity contribution >= 4 is 46.4 Å². The second kappa shape index (κ2) is 15.8. The predicted molar refractivity (Wildman–Crippen MR) is 151 cm³/mol. The molecule has 0 radical (unpaired) electrons. The van der Waals surface area contributed by atoms with E-state index < -0.39 is 24.0 Å². The molecule has 2 atom stereocenters. The number of hydrogen-bond acceptors (Lipinski definition) is 8. The molecule has 1 aliphatic heterocycles. The Morgan fingerprint density at radius 2 is 1.15 bits per heavy atom. The molecule has 10 nitrogen and oxygen atoms in total. The molecule has 0 fully saturated rings. The molecule has 0 saturated heterocycles. The maximum absolute atomic E-state index is 12.8. The summed E-state index contributed by atoms with van der Waals surface area (Å²) in [5, 5.41) is 5.50. The van der Waals surface area contributed by atoms with Gasteiger partial charge in [-0.15, -0.1) is 0 Å². The fourth-order valence-electron chi connectivity index (χ4n) is 4.76. The van der Waals surface area contributed by atoms with Crippen LogP contribution in [0.5, 0.6) is 0 Å². The Hall–Kier alpha value is -2.86. The van der Waals surface area contributed by atoms with Crippen molar-refractivity contribution < 1.29 is 37.8 Å². The fraction of sp³-hybridized carbons (Fsp3) is 0.643. The van der Waals surface area contributed by atoms with Crippen LogP contribution in [0.25, 0.3) is 0 Å². The van der Waals surface area contributed by atoms with Crippen LogP contribution in [-0.4, -0.2) is 49.1 Å². The predicted octanol–water partition coefficient (Wildman–Crippen LogP) is 2.24. The highest BCUT2D eigenvalue weighted by molar-refractivity contribution is 7.09. The van der Waals surface area contributed by atoms with Gasteiger partial charge in [0, 0.05) is 53.4 Å². The van der Waals surface area contributed by atoms with E-state index in [2.05, 4.69) is 30.8 Å². The highest BCUT2D eigenvalue weighted by Gasteiger charge is 2.24. The van der Waals surface area contributed by atoms with Crippen LogP contribution in [0, 0.1) is 13.8 Å². The molecule has 3 heterocycles. The number of nitrogens with zero attached hydrogens (tertiary/aromatic N) is 2. The zero-order valence-corrected chi connectivity index (χ0v) is 25.6. The third kappa shape index (κ3) is 9.65. The summed E-state index contributed by atoms with van der Waals surface area (Å²) in [7, 11) is 0. The Labute approximate surface area is 244 Å². The van der Waals surface area contributed by atoms with Crippen molar-refractivity contribution in [2.75, 3.05) is 13.2 Å². The van der Waals surface area contributed by atoms with E-state index in [-0.39, 0.29) is 25.0 Å². The molecule has 2 aromatic heterocycles. The number of fused-ring (bicyclic) bond motifs is 4. The number of amides is 2. The number of aromatic nitrogens is 2. The van der Waals surface area contributed by atoms with Crippen LogP contribution in [0.1, 0.15) is 73.5 Å². The highest BCUT2D eigenvalue weighted by atomic mass is 32.1. The third-order valence-electron chi connectivity index (χ3n) is 7.07. The van der Waals surface area contributed by atoms with Crippen LogP contribution in [0.3, 0.4) is 0 Å². The van der Waals surface area contributed by atoms with Gasteiger partial charge in [0.1, 0.15) is 25.2 Å². The lowest BCUT2D eigenvalue weighted by atomic mass is 10.1. The van der Waals surface area contributed by atoms with Gasteiger partial charge in [-0.3, -0.25) is 9.59 Å². The summed E-state index contributed by atoms with van der Waals surface area (Å²) in [6.07, 6.45) is 5.42. The first-order chi connectivity index (χ1) is 19.2. The highest BCUT2D eigenvalue weighted by Crippen LogP contribution is 2.15. The van der Waals surface area contributed by atoms with Crippen LogP contribution in [0.15, 0.2) is 11.0 Å². The number of hydrogen-bond donors (Lipinski definition) is 2. The Kier molecular flexibility index (Phi) is 12.5. The summed E-state index contributed by atoms with van der Waals surface area (Å²) in [6.45, 7) is 9.00. The van der Waals surface area contributed by atoms with Gasteiger partial charge in [0.25, 0.3) is 0 Å². The Bertz CT molecular complexity index is 1090. The molecule has 2 N–H and O–H groups in total. The Morgan fingerprint density at radius 3 is 1.52 bits per heavy atom. The van der Waals surface area contributed by atoms with E-state index in [0.29, 0.717) is 25.7 Å². The summed E-state index contributed by atoms with van der Waals surface area (Å²) in [4.78, 5) is 51.3. The van der Waals surface area contributed by atoms with Gasteiger partial charge in [-0.05, 0) is 25.7 Å². The van der Waals surface area contributed by atoms with Crippen molar-refractivity contribution in [3.05, 3.63) is 32.2 Å². The first kappa shape index (κ1) is 31.7.